The largest absolute Gasteiger partial charge is 0.494 e. The highest BCUT2D eigenvalue weighted by molar-refractivity contribution is 5.87. The molecule has 0 aliphatic carbocycles. The van der Waals surface area contributed by atoms with Crippen molar-refractivity contribution in [2.75, 3.05) is 33.4 Å². The molecular weight excluding hydrogens is 400 g/mol. The maximum atomic E-state index is 11.2. The number of fused-ring (bicyclic) bond motifs is 1. The maximum absolute atomic E-state index is 11.2. The number of nitrogens with zero attached hydrogens (tertiary/aromatic N) is 2. The molecule has 1 fully saturated rings. The van der Waals surface area contributed by atoms with Gasteiger partial charge in [0, 0.05) is 30.6 Å². The van der Waals surface area contributed by atoms with Crippen molar-refractivity contribution in [1.82, 2.24) is 9.88 Å². The Bertz CT molecular complexity index is 1070. The van der Waals surface area contributed by atoms with Crippen LogP contribution in [0.2, 0.25) is 0 Å². The highest BCUT2D eigenvalue weighted by Gasteiger charge is 2.10. The molecule has 5 heteroatoms. The van der Waals surface area contributed by atoms with E-state index in [0.717, 1.165) is 53.8 Å². The van der Waals surface area contributed by atoms with Gasteiger partial charge in [-0.05, 0) is 79.2 Å². The summed E-state index contributed by atoms with van der Waals surface area (Å²) in [4.78, 5) is 18.4. The molecule has 3 aromatic rings. The zero-order chi connectivity index (χ0) is 22.2. The minimum Gasteiger partial charge on any atom is -0.494 e. The van der Waals surface area contributed by atoms with E-state index in [9.17, 15) is 4.79 Å². The van der Waals surface area contributed by atoms with E-state index in [1.54, 1.807) is 6.08 Å². The van der Waals surface area contributed by atoms with E-state index in [0.29, 0.717) is 0 Å². The molecule has 1 aliphatic rings. The molecule has 1 aromatic heterocycles. The van der Waals surface area contributed by atoms with Gasteiger partial charge in [0.05, 0.1) is 19.4 Å². The molecule has 4 rings (SSSR count). The Hall–Kier alpha value is -3.18. The number of methoxy groups -OCH3 is 1. The number of benzene rings is 2. The smallest absolute Gasteiger partial charge is 0.330 e. The normalized spacial score (nSPS) is 14.3. The minimum atomic E-state index is -0.357. The molecule has 2 aromatic carbocycles. The first-order valence-electron chi connectivity index (χ1n) is 11.3. The van der Waals surface area contributed by atoms with Gasteiger partial charge in [0.15, 0.2) is 0 Å². The molecule has 0 spiro atoms. The van der Waals surface area contributed by atoms with Crippen LogP contribution in [0, 0.1) is 0 Å². The number of ether oxygens (including phenoxy) is 2. The predicted octanol–water partition coefficient (Wildman–Crippen LogP) is 4.88. The summed E-state index contributed by atoms with van der Waals surface area (Å²) in [5, 5.41) is 2.29. The summed E-state index contributed by atoms with van der Waals surface area (Å²) in [5.74, 6) is 0.557. The lowest BCUT2D eigenvalue weighted by molar-refractivity contribution is -0.134. The Morgan fingerprint density at radius 3 is 2.69 bits per heavy atom. The molecule has 1 aliphatic heterocycles. The van der Waals surface area contributed by atoms with Crippen LogP contribution in [0.25, 0.3) is 16.8 Å². The molecular formula is C27H30N2O3. The SMILES string of the molecule is COC(=O)/C=C/c1ccc(Cc2nccc3cc(OCCCN4CCCC4)ccc23)cc1. The van der Waals surface area contributed by atoms with Crippen LogP contribution < -0.4 is 4.74 Å². The summed E-state index contributed by atoms with van der Waals surface area (Å²) in [6, 6.07) is 16.4. The summed E-state index contributed by atoms with van der Waals surface area (Å²) in [6.07, 6.45) is 9.50. The number of carbonyl (C=O) groups is 1. The van der Waals surface area contributed by atoms with Crippen LogP contribution in [0.5, 0.6) is 5.75 Å². The first-order valence-corrected chi connectivity index (χ1v) is 11.3. The second-order valence-electron chi connectivity index (χ2n) is 8.17. The minimum absolute atomic E-state index is 0.357. The van der Waals surface area contributed by atoms with Crippen LogP contribution in [0.3, 0.4) is 0 Å². The molecule has 0 bridgehead atoms. The molecule has 166 valence electrons. The van der Waals surface area contributed by atoms with Crippen molar-refractivity contribution < 1.29 is 14.3 Å². The van der Waals surface area contributed by atoms with Gasteiger partial charge in [0.1, 0.15) is 5.75 Å². The molecule has 1 saturated heterocycles. The Labute approximate surface area is 189 Å². The fourth-order valence-corrected chi connectivity index (χ4v) is 4.11. The van der Waals surface area contributed by atoms with Crippen LogP contribution in [0.1, 0.15) is 36.1 Å². The van der Waals surface area contributed by atoms with Crippen LogP contribution >= 0.6 is 0 Å². The van der Waals surface area contributed by atoms with E-state index >= 15 is 0 Å². The summed E-state index contributed by atoms with van der Waals surface area (Å²) >= 11 is 0. The summed E-state index contributed by atoms with van der Waals surface area (Å²) < 4.78 is 10.6. The fourth-order valence-electron chi connectivity index (χ4n) is 4.11. The third-order valence-electron chi connectivity index (χ3n) is 5.87. The number of rotatable bonds is 9. The number of carbonyl (C=O) groups excluding carboxylic acids is 1. The lowest BCUT2D eigenvalue weighted by Gasteiger charge is -2.14. The van der Waals surface area contributed by atoms with E-state index in [-0.39, 0.29) is 5.97 Å². The zero-order valence-electron chi connectivity index (χ0n) is 18.6. The molecule has 0 N–H and O–H groups in total. The summed E-state index contributed by atoms with van der Waals surface area (Å²) in [5.41, 5.74) is 3.17. The average Bonchev–Trinajstić information content (AvgIpc) is 3.35. The monoisotopic (exact) mass is 430 g/mol. The zero-order valence-corrected chi connectivity index (χ0v) is 18.6. The summed E-state index contributed by atoms with van der Waals surface area (Å²) in [6.45, 7) is 4.34. The lowest BCUT2D eigenvalue weighted by Crippen LogP contribution is -2.21. The van der Waals surface area contributed by atoms with Gasteiger partial charge in [-0.25, -0.2) is 4.79 Å². The van der Waals surface area contributed by atoms with Gasteiger partial charge in [0.25, 0.3) is 0 Å². The number of aromatic nitrogens is 1. The Morgan fingerprint density at radius 1 is 1.09 bits per heavy atom. The van der Waals surface area contributed by atoms with Gasteiger partial charge in [0.2, 0.25) is 0 Å². The third kappa shape index (κ3) is 5.95. The van der Waals surface area contributed by atoms with Crippen molar-refractivity contribution in [3.05, 3.63) is 77.6 Å². The first-order chi connectivity index (χ1) is 15.7. The van der Waals surface area contributed by atoms with Crippen molar-refractivity contribution in [2.24, 2.45) is 0 Å². The maximum Gasteiger partial charge on any atom is 0.330 e. The Morgan fingerprint density at radius 2 is 1.91 bits per heavy atom. The molecule has 0 unspecified atom stereocenters. The number of hydrogen-bond donors (Lipinski definition) is 0. The van der Waals surface area contributed by atoms with Crippen LogP contribution in [0.4, 0.5) is 0 Å². The van der Waals surface area contributed by atoms with E-state index in [1.165, 1.54) is 44.7 Å². The van der Waals surface area contributed by atoms with Gasteiger partial charge in [-0.3, -0.25) is 4.98 Å². The number of hydrogen-bond acceptors (Lipinski definition) is 5. The van der Waals surface area contributed by atoms with Crippen LogP contribution in [-0.4, -0.2) is 49.2 Å². The fraction of sp³-hybridized carbons (Fsp3) is 0.333. The molecule has 0 radical (unpaired) electrons. The van der Waals surface area contributed by atoms with Crippen LogP contribution in [-0.2, 0) is 16.0 Å². The van der Waals surface area contributed by atoms with Crippen molar-refractivity contribution >= 4 is 22.8 Å². The highest BCUT2D eigenvalue weighted by atomic mass is 16.5. The van der Waals surface area contributed by atoms with Crippen molar-refractivity contribution in [3.8, 4) is 5.75 Å². The average molecular weight is 431 g/mol. The third-order valence-corrected chi connectivity index (χ3v) is 5.87. The summed E-state index contributed by atoms with van der Waals surface area (Å²) in [7, 11) is 1.37. The lowest BCUT2D eigenvalue weighted by atomic mass is 10.0. The highest BCUT2D eigenvalue weighted by Crippen LogP contribution is 2.24. The van der Waals surface area contributed by atoms with Crippen molar-refractivity contribution in [2.45, 2.75) is 25.7 Å². The molecule has 32 heavy (non-hydrogen) atoms. The van der Waals surface area contributed by atoms with Gasteiger partial charge in [-0.15, -0.1) is 0 Å². The van der Waals surface area contributed by atoms with Crippen LogP contribution in [0.15, 0.2) is 60.8 Å². The van der Waals surface area contributed by atoms with E-state index in [2.05, 4.69) is 38.9 Å². The Balaban J connectivity index is 1.37. The molecule has 2 heterocycles. The topological polar surface area (TPSA) is 51.7 Å². The van der Waals surface area contributed by atoms with E-state index in [4.69, 9.17) is 4.74 Å². The second-order valence-corrected chi connectivity index (χ2v) is 8.17. The number of pyridine rings is 1. The van der Waals surface area contributed by atoms with Gasteiger partial charge >= 0.3 is 5.97 Å². The first kappa shape index (κ1) is 22.0. The molecule has 0 atom stereocenters. The molecule has 0 saturated carbocycles. The molecule has 5 nitrogen and oxygen atoms in total. The van der Waals surface area contributed by atoms with Gasteiger partial charge in [-0.2, -0.15) is 0 Å². The quantitative estimate of drug-likeness (QED) is 0.275. The predicted molar refractivity (Wildman–Crippen MR) is 128 cm³/mol. The van der Waals surface area contributed by atoms with E-state index < -0.39 is 0 Å². The van der Waals surface area contributed by atoms with Gasteiger partial charge in [-0.1, -0.05) is 24.3 Å². The number of esters is 1. The molecule has 0 amide bonds. The van der Waals surface area contributed by atoms with Crippen molar-refractivity contribution in [1.29, 1.82) is 0 Å². The number of likely N-dealkylation sites (tertiary alicyclic amines) is 1. The Kier molecular flexibility index (Phi) is 7.51. The van der Waals surface area contributed by atoms with Crippen molar-refractivity contribution in [3.63, 3.8) is 0 Å². The van der Waals surface area contributed by atoms with Gasteiger partial charge < -0.3 is 14.4 Å². The second kappa shape index (κ2) is 10.9. The standard InChI is InChI=1S/C27H30N2O3/c1-31-27(30)12-9-21-5-7-22(8-6-21)19-26-25-11-10-24(20-23(25)13-14-28-26)32-18-4-17-29-15-2-3-16-29/h5-14,20H,2-4,15-19H2,1H3/b12-9+. The van der Waals surface area contributed by atoms with E-state index in [1.807, 2.05) is 30.5 Å².